The van der Waals surface area contributed by atoms with E-state index in [4.69, 9.17) is 5.26 Å². The minimum absolute atomic E-state index is 0.0272. The predicted octanol–water partition coefficient (Wildman–Crippen LogP) is 1.68. The van der Waals surface area contributed by atoms with E-state index in [9.17, 15) is 9.59 Å². The average molecular weight is 304 g/mol. The summed E-state index contributed by atoms with van der Waals surface area (Å²) in [5.74, 6) is 0.0533. The molecule has 1 aliphatic rings. The zero-order valence-electron chi connectivity index (χ0n) is 11.7. The number of rotatable bonds is 4. The lowest BCUT2D eigenvalue weighted by Crippen LogP contribution is -2.29. The van der Waals surface area contributed by atoms with Gasteiger partial charge in [0, 0.05) is 23.9 Å². The molecule has 1 fully saturated rings. The number of carbonyl (C=O) groups excluding carboxylic acids is 2. The van der Waals surface area contributed by atoms with E-state index in [0.29, 0.717) is 30.0 Å². The minimum Gasteiger partial charge on any atom is -0.468 e. The Balaban J connectivity index is 1.89. The van der Waals surface area contributed by atoms with Gasteiger partial charge in [0.15, 0.2) is 0 Å². The van der Waals surface area contributed by atoms with Crippen LogP contribution in [0.3, 0.4) is 0 Å². The normalized spacial score (nSPS) is 17.3. The summed E-state index contributed by atoms with van der Waals surface area (Å²) in [7, 11) is 1.37. The Morgan fingerprint density at radius 2 is 2.14 bits per heavy atom. The van der Waals surface area contributed by atoms with E-state index >= 15 is 0 Å². The number of likely N-dealkylation sites (tertiary alicyclic amines) is 1. The van der Waals surface area contributed by atoms with Crippen molar-refractivity contribution in [2.45, 2.75) is 11.7 Å². The molecule has 21 heavy (non-hydrogen) atoms. The fraction of sp³-hybridized carbons (Fsp3) is 0.400. The number of methoxy groups -OCH3 is 1. The van der Waals surface area contributed by atoms with Crippen LogP contribution in [0.25, 0.3) is 0 Å². The van der Waals surface area contributed by atoms with Gasteiger partial charge in [-0.1, -0.05) is 0 Å². The van der Waals surface area contributed by atoms with Gasteiger partial charge in [-0.2, -0.15) is 5.26 Å². The van der Waals surface area contributed by atoms with Gasteiger partial charge in [0.2, 0.25) is 0 Å². The van der Waals surface area contributed by atoms with E-state index in [-0.39, 0.29) is 17.1 Å². The van der Waals surface area contributed by atoms with Crippen LogP contribution in [0.1, 0.15) is 22.3 Å². The highest BCUT2D eigenvalue weighted by molar-refractivity contribution is 8.00. The molecule has 0 unspecified atom stereocenters. The molecule has 1 amide bonds. The Morgan fingerprint density at radius 3 is 2.76 bits per heavy atom. The van der Waals surface area contributed by atoms with Crippen LogP contribution < -0.4 is 0 Å². The van der Waals surface area contributed by atoms with Crippen LogP contribution in [0, 0.1) is 11.3 Å². The number of benzene rings is 1. The number of hydrogen-bond acceptors (Lipinski definition) is 5. The molecule has 1 aliphatic heterocycles. The molecule has 0 aromatic heterocycles. The molecule has 1 aromatic carbocycles. The third-order valence-electron chi connectivity index (χ3n) is 3.36. The summed E-state index contributed by atoms with van der Waals surface area (Å²) in [4.78, 5) is 25.2. The number of esters is 1. The van der Waals surface area contributed by atoms with Gasteiger partial charge in [0.1, 0.15) is 0 Å². The third kappa shape index (κ3) is 3.99. The molecular weight excluding hydrogens is 288 g/mol. The molecule has 5 nitrogen and oxygen atoms in total. The summed E-state index contributed by atoms with van der Waals surface area (Å²) in [6, 6.07) is 8.67. The van der Waals surface area contributed by atoms with Gasteiger partial charge in [-0.3, -0.25) is 9.59 Å². The van der Waals surface area contributed by atoms with Gasteiger partial charge in [-0.05, 0) is 30.7 Å². The van der Waals surface area contributed by atoms with Gasteiger partial charge in [-0.15, -0.1) is 11.8 Å². The molecule has 1 saturated heterocycles. The SMILES string of the molecule is COC(=O)CS[C@@H]1CCN(C(=O)c2ccc(C#N)cc2)C1. The quantitative estimate of drug-likeness (QED) is 0.792. The first-order valence-electron chi connectivity index (χ1n) is 6.62. The molecule has 2 rings (SSSR count). The van der Waals surface area contributed by atoms with E-state index in [2.05, 4.69) is 4.74 Å². The molecular formula is C15H16N2O3S. The summed E-state index contributed by atoms with van der Waals surface area (Å²) >= 11 is 1.53. The molecule has 0 spiro atoms. The molecule has 0 saturated carbocycles. The Morgan fingerprint density at radius 1 is 1.43 bits per heavy atom. The number of carbonyl (C=O) groups is 2. The van der Waals surface area contributed by atoms with Crippen molar-refractivity contribution >= 4 is 23.6 Å². The molecule has 1 heterocycles. The maximum Gasteiger partial charge on any atom is 0.315 e. The van der Waals surface area contributed by atoms with E-state index in [0.717, 1.165) is 6.42 Å². The van der Waals surface area contributed by atoms with Gasteiger partial charge in [-0.25, -0.2) is 0 Å². The van der Waals surface area contributed by atoms with Gasteiger partial charge in [0.05, 0.1) is 24.5 Å². The molecule has 0 N–H and O–H groups in total. The average Bonchev–Trinajstić information content (AvgIpc) is 3.00. The maximum atomic E-state index is 12.3. The van der Waals surface area contributed by atoms with Crippen molar-refractivity contribution in [1.29, 1.82) is 5.26 Å². The summed E-state index contributed by atoms with van der Waals surface area (Å²) in [5.41, 5.74) is 1.13. The lowest BCUT2D eigenvalue weighted by Gasteiger charge is -2.16. The van der Waals surface area contributed by atoms with Gasteiger partial charge >= 0.3 is 5.97 Å². The van der Waals surface area contributed by atoms with Crippen LogP contribution >= 0.6 is 11.8 Å². The van der Waals surface area contributed by atoms with Crippen molar-refractivity contribution in [3.05, 3.63) is 35.4 Å². The van der Waals surface area contributed by atoms with Crippen LogP contribution in [0.15, 0.2) is 24.3 Å². The first-order chi connectivity index (χ1) is 10.1. The van der Waals surface area contributed by atoms with Crippen molar-refractivity contribution in [3.8, 4) is 6.07 Å². The standard InChI is InChI=1S/C15H16N2O3S/c1-20-14(18)10-21-13-6-7-17(9-13)15(19)12-4-2-11(8-16)3-5-12/h2-5,13H,6-7,9-10H2,1H3/t13-/m1/s1. The highest BCUT2D eigenvalue weighted by Gasteiger charge is 2.27. The molecule has 0 aliphatic carbocycles. The molecule has 0 bridgehead atoms. The zero-order chi connectivity index (χ0) is 15.2. The smallest absolute Gasteiger partial charge is 0.315 e. The Labute approximate surface area is 127 Å². The highest BCUT2D eigenvalue weighted by atomic mass is 32.2. The maximum absolute atomic E-state index is 12.3. The van der Waals surface area contributed by atoms with Crippen molar-refractivity contribution in [3.63, 3.8) is 0 Å². The molecule has 1 atom stereocenters. The number of ether oxygens (including phenoxy) is 1. The van der Waals surface area contributed by atoms with Crippen LogP contribution in [0.4, 0.5) is 0 Å². The van der Waals surface area contributed by atoms with Crippen molar-refractivity contribution < 1.29 is 14.3 Å². The van der Waals surface area contributed by atoms with Crippen molar-refractivity contribution in [1.82, 2.24) is 4.90 Å². The van der Waals surface area contributed by atoms with Crippen LogP contribution in [0.2, 0.25) is 0 Å². The number of amides is 1. The Bertz CT molecular complexity index is 565. The summed E-state index contributed by atoms with van der Waals surface area (Å²) in [6.45, 7) is 1.33. The monoisotopic (exact) mass is 304 g/mol. The molecule has 1 aromatic rings. The van der Waals surface area contributed by atoms with E-state index < -0.39 is 0 Å². The third-order valence-corrected chi connectivity index (χ3v) is 4.62. The molecule has 0 radical (unpaired) electrons. The lowest BCUT2D eigenvalue weighted by atomic mass is 10.1. The number of thioether (sulfide) groups is 1. The first-order valence-corrected chi connectivity index (χ1v) is 7.66. The fourth-order valence-electron chi connectivity index (χ4n) is 2.16. The van der Waals surface area contributed by atoms with Crippen LogP contribution in [0.5, 0.6) is 0 Å². The van der Waals surface area contributed by atoms with E-state index in [1.54, 1.807) is 29.2 Å². The second-order valence-corrected chi connectivity index (χ2v) is 6.03. The predicted molar refractivity (Wildman–Crippen MR) is 79.9 cm³/mol. The number of nitriles is 1. The largest absolute Gasteiger partial charge is 0.468 e. The summed E-state index contributed by atoms with van der Waals surface area (Å²) in [6.07, 6.45) is 0.879. The highest BCUT2D eigenvalue weighted by Crippen LogP contribution is 2.24. The zero-order valence-corrected chi connectivity index (χ0v) is 12.6. The second-order valence-electron chi connectivity index (χ2n) is 4.74. The van der Waals surface area contributed by atoms with Crippen molar-refractivity contribution in [2.24, 2.45) is 0 Å². The molecule has 110 valence electrons. The van der Waals surface area contributed by atoms with E-state index in [1.165, 1.54) is 18.9 Å². The lowest BCUT2D eigenvalue weighted by molar-refractivity contribution is -0.137. The first kappa shape index (κ1) is 15.4. The van der Waals surface area contributed by atoms with Crippen molar-refractivity contribution in [2.75, 3.05) is 26.0 Å². The van der Waals surface area contributed by atoms with Gasteiger partial charge < -0.3 is 9.64 Å². The second kappa shape index (κ2) is 7.14. The van der Waals surface area contributed by atoms with Crippen LogP contribution in [-0.2, 0) is 9.53 Å². The minimum atomic E-state index is -0.239. The topological polar surface area (TPSA) is 70.4 Å². The number of nitrogens with zero attached hydrogens (tertiary/aromatic N) is 2. The fourth-order valence-corrected chi connectivity index (χ4v) is 3.21. The molecule has 6 heteroatoms. The number of hydrogen-bond donors (Lipinski definition) is 0. The Hall–Kier alpha value is -2.00. The summed E-state index contributed by atoms with van der Waals surface area (Å²) in [5, 5.41) is 9.02. The van der Waals surface area contributed by atoms with E-state index in [1.807, 2.05) is 6.07 Å². The van der Waals surface area contributed by atoms with Crippen LogP contribution in [-0.4, -0.2) is 48.0 Å². The van der Waals surface area contributed by atoms with Gasteiger partial charge in [0.25, 0.3) is 5.91 Å². The Kier molecular flexibility index (Phi) is 5.23. The summed E-state index contributed by atoms with van der Waals surface area (Å²) < 4.78 is 4.61.